The number of hydrogen-bond donors (Lipinski definition) is 2. The minimum Gasteiger partial charge on any atom is -0.489 e. The highest BCUT2D eigenvalue weighted by molar-refractivity contribution is 7.86. The van der Waals surface area contributed by atoms with Crippen molar-refractivity contribution >= 4 is 63.3 Å². The number of benzene rings is 5. The molecular weight excluding hydrogens is 803 g/mol. The Bertz CT molecular complexity index is 2400. The first-order valence-corrected chi connectivity index (χ1v) is 20.5. The number of carbonyl (C=O) groups excluding carboxylic acids is 1. The summed E-state index contributed by atoms with van der Waals surface area (Å²) in [6, 6.07) is 31.4. The number of nitro groups is 1. The Labute approximate surface area is 356 Å². The first-order chi connectivity index (χ1) is 29.0. The van der Waals surface area contributed by atoms with Gasteiger partial charge in [0.15, 0.2) is 5.75 Å². The lowest BCUT2D eigenvalue weighted by Crippen LogP contribution is -2.34. The van der Waals surface area contributed by atoms with E-state index in [0.29, 0.717) is 22.7 Å². The van der Waals surface area contributed by atoms with Gasteiger partial charge in [0, 0.05) is 31.5 Å². The molecule has 0 saturated heterocycles. The van der Waals surface area contributed by atoms with Crippen LogP contribution < -0.4 is 25.4 Å². The Hall–Kier alpha value is -6.71. The van der Waals surface area contributed by atoms with Crippen LogP contribution in [0.1, 0.15) is 48.6 Å². The average Bonchev–Trinajstić information content (AvgIpc) is 3.23. The second-order valence-corrected chi connectivity index (χ2v) is 16.0. The van der Waals surface area contributed by atoms with Crippen molar-refractivity contribution in [3.8, 4) is 11.5 Å². The maximum atomic E-state index is 12.3. The molecule has 0 aliphatic rings. The Morgan fingerprint density at radius 3 is 1.85 bits per heavy atom. The number of carbonyl (C=O) groups is 1. The molecule has 0 unspecified atom stereocenters. The van der Waals surface area contributed by atoms with Crippen LogP contribution in [0.2, 0.25) is 0 Å². The van der Waals surface area contributed by atoms with Crippen molar-refractivity contribution in [1.82, 2.24) is 0 Å². The summed E-state index contributed by atoms with van der Waals surface area (Å²) in [5.74, 6) is 0.510. The summed E-state index contributed by atoms with van der Waals surface area (Å²) in [5.41, 5.74) is 11.6. The molecule has 15 heteroatoms. The molecule has 1 amide bonds. The summed E-state index contributed by atoms with van der Waals surface area (Å²) in [4.78, 5) is 24.7. The lowest BCUT2D eigenvalue weighted by Gasteiger charge is -2.24. The van der Waals surface area contributed by atoms with Crippen LogP contribution in [-0.4, -0.2) is 65.6 Å². The third kappa shape index (κ3) is 15.1. The van der Waals surface area contributed by atoms with Gasteiger partial charge in [0.05, 0.1) is 15.5 Å². The highest BCUT2D eigenvalue weighted by Crippen LogP contribution is 2.29. The molecule has 322 valence electrons. The van der Waals surface area contributed by atoms with Gasteiger partial charge < -0.3 is 25.3 Å². The van der Waals surface area contributed by atoms with Gasteiger partial charge in [-0.25, -0.2) is 9.18 Å². The smallest absolute Gasteiger partial charge is 0.414 e. The second-order valence-electron chi connectivity index (χ2n) is 14.4. The van der Waals surface area contributed by atoms with Gasteiger partial charge in [0.25, 0.3) is 10.1 Å². The minimum atomic E-state index is -3.97. The quantitative estimate of drug-likeness (QED) is 0.0242. The molecule has 3 N–H and O–H groups in total. The highest BCUT2D eigenvalue weighted by atomic mass is 32.2. The minimum absolute atomic E-state index is 0.00647. The Morgan fingerprint density at radius 1 is 0.787 bits per heavy atom. The molecule has 0 heterocycles. The van der Waals surface area contributed by atoms with Gasteiger partial charge >= 0.3 is 11.8 Å². The molecule has 0 aliphatic carbocycles. The molecule has 0 spiro atoms. The van der Waals surface area contributed by atoms with Crippen LogP contribution in [0, 0.1) is 17.0 Å². The summed E-state index contributed by atoms with van der Waals surface area (Å²) in [6.07, 6.45) is 7.01. The van der Waals surface area contributed by atoms with Crippen LogP contribution in [0.15, 0.2) is 114 Å². The van der Waals surface area contributed by atoms with E-state index in [1.807, 2.05) is 74.7 Å². The monoisotopic (exact) mass is 853 g/mol. The SMILES string of the molecule is CNc1ccc(/C=C/c2ccc(OCC[18F])c(N)c2)cc1.Cc1ccc(S(=O)(=O)OCCOc2ccc(/C=C/c3ccc(N(C)C(=O)OC(C)(C)C)cc3)cc2[N+](=O)[O-])cc1. The standard InChI is InChI=1S/C29H32N2O8S.C17H19FN2O/c1-21-6-15-25(16-7-21)40(35,36)38-19-18-37-27-17-12-23(20-26(27)31(33)34)9-8-22-10-13-24(14-11-22)30(5)28(32)39-29(2,3)4;1-20-15-7-4-13(5-8-15)2-3-14-6-9-17(16(19)12-14)21-11-10-18/h6-17,20H,18-19H2,1-5H3;2-9,12,20H,10-11,19H2,1H3/b9-8+;3-2+/i;18-1. The van der Waals surface area contributed by atoms with Gasteiger partial charge in [-0.05, 0) is 105 Å². The number of halogens is 1. The lowest BCUT2D eigenvalue weighted by atomic mass is 10.1. The van der Waals surface area contributed by atoms with Crippen LogP contribution in [0.4, 0.5) is 31.9 Å². The van der Waals surface area contributed by atoms with E-state index in [9.17, 15) is 27.7 Å². The molecule has 0 fully saturated rings. The number of aryl methyl sites for hydroxylation is 1. The molecule has 0 atom stereocenters. The van der Waals surface area contributed by atoms with E-state index in [4.69, 9.17) is 24.1 Å². The van der Waals surface area contributed by atoms with Crippen molar-refractivity contribution in [3.05, 3.63) is 147 Å². The topological polar surface area (TPSA) is 173 Å². The van der Waals surface area contributed by atoms with Crippen molar-refractivity contribution in [2.24, 2.45) is 0 Å². The number of hydrogen-bond acceptors (Lipinski definition) is 11. The van der Waals surface area contributed by atoms with Crippen molar-refractivity contribution in [2.75, 3.05) is 56.5 Å². The van der Waals surface area contributed by atoms with E-state index >= 15 is 0 Å². The summed E-state index contributed by atoms with van der Waals surface area (Å²) < 4.78 is 57.6. The van der Waals surface area contributed by atoms with Crippen molar-refractivity contribution in [2.45, 2.75) is 38.2 Å². The third-order valence-electron chi connectivity index (χ3n) is 8.52. The second kappa shape index (κ2) is 22.1. The van der Waals surface area contributed by atoms with Crippen LogP contribution in [0.5, 0.6) is 11.5 Å². The largest absolute Gasteiger partial charge is 0.489 e. The lowest BCUT2D eigenvalue weighted by molar-refractivity contribution is -0.385. The number of nitrogens with one attached hydrogen (secondary N) is 1. The molecule has 5 rings (SSSR count). The zero-order chi connectivity index (χ0) is 44.6. The third-order valence-corrected chi connectivity index (χ3v) is 9.85. The number of rotatable bonds is 16. The van der Waals surface area contributed by atoms with Crippen molar-refractivity contribution in [3.63, 3.8) is 0 Å². The van der Waals surface area contributed by atoms with Gasteiger partial charge in [-0.1, -0.05) is 78.4 Å². The van der Waals surface area contributed by atoms with Gasteiger partial charge in [-0.2, -0.15) is 8.42 Å². The molecule has 13 nitrogen and oxygen atoms in total. The first kappa shape index (κ1) is 47.0. The van der Waals surface area contributed by atoms with E-state index in [-0.39, 0.29) is 36.2 Å². The van der Waals surface area contributed by atoms with E-state index in [1.54, 1.807) is 76.4 Å². The number of ether oxygens (including phenoxy) is 3. The number of nitrogens with zero attached hydrogens (tertiary/aromatic N) is 2. The molecule has 0 aromatic heterocycles. The van der Waals surface area contributed by atoms with Gasteiger partial charge in [0.2, 0.25) is 0 Å². The van der Waals surface area contributed by atoms with E-state index < -0.39 is 33.4 Å². The zero-order valence-corrected chi connectivity index (χ0v) is 35.8. The summed E-state index contributed by atoms with van der Waals surface area (Å²) in [5, 5.41) is 14.7. The van der Waals surface area contributed by atoms with E-state index in [2.05, 4.69) is 5.32 Å². The van der Waals surface area contributed by atoms with Gasteiger partial charge in [-0.3, -0.25) is 19.2 Å². The number of amides is 1. The summed E-state index contributed by atoms with van der Waals surface area (Å²) >= 11 is 0. The normalized spacial score (nSPS) is 11.5. The average molecular weight is 854 g/mol. The Morgan fingerprint density at radius 2 is 1.31 bits per heavy atom. The fourth-order valence-electron chi connectivity index (χ4n) is 5.31. The fourth-order valence-corrected chi connectivity index (χ4v) is 6.21. The number of nitro benzene ring substituents is 1. The van der Waals surface area contributed by atoms with Crippen LogP contribution >= 0.6 is 0 Å². The predicted molar refractivity (Wildman–Crippen MR) is 240 cm³/mol. The van der Waals surface area contributed by atoms with E-state index in [1.165, 1.54) is 29.2 Å². The molecule has 0 bridgehead atoms. The maximum absolute atomic E-state index is 12.3. The number of anilines is 3. The first-order valence-electron chi connectivity index (χ1n) is 19.1. The maximum Gasteiger partial charge on any atom is 0.414 e. The Kier molecular flexibility index (Phi) is 17.0. The molecular formula is C46H51FN4O9S. The summed E-state index contributed by atoms with van der Waals surface area (Å²) in [6.45, 7) is 6.21. The molecule has 0 aliphatic heterocycles. The van der Waals surface area contributed by atoms with Crippen LogP contribution in [0.3, 0.4) is 0 Å². The van der Waals surface area contributed by atoms with Crippen molar-refractivity contribution in [1.29, 1.82) is 0 Å². The molecule has 61 heavy (non-hydrogen) atoms. The van der Waals surface area contributed by atoms with Gasteiger partial charge in [0.1, 0.15) is 37.8 Å². The highest BCUT2D eigenvalue weighted by Gasteiger charge is 2.21. The molecule has 5 aromatic rings. The van der Waals surface area contributed by atoms with Crippen molar-refractivity contribution < 1.29 is 40.9 Å². The Balaban J connectivity index is 0.000000326. The number of nitrogen functional groups attached to an aromatic ring is 1. The predicted octanol–water partition coefficient (Wildman–Crippen LogP) is 10.1. The van der Waals surface area contributed by atoms with Gasteiger partial charge in [-0.15, -0.1) is 0 Å². The molecule has 5 aromatic carbocycles. The van der Waals surface area contributed by atoms with E-state index in [0.717, 1.165) is 27.9 Å². The fraction of sp³-hybridized carbons (Fsp3) is 0.239. The van der Waals surface area contributed by atoms with Crippen LogP contribution in [-0.2, 0) is 19.0 Å². The van der Waals surface area contributed by atoms with Crippen LogP contribution in [0.25, 0.3) is 24.3 Å². The molecule has 0 radical (unpaired) electrons. The number of alkyl halides is 1. The summed E-state index contributed by atoms with van der Waals surface area (Å²) in [7, 11) is -0.455. The number of nitrogens with two attached hydrogens (primary N) is 1. The zero-order valence-electron chi connectivity index (χ0n) is 35.0. The molecule has 0 saturated carbocycles.